The molecule has 3 N–H and O–H groups in total. The number of phenols is 1. The number of thiol groups is 1. The van der Waals surface area contributed by atoms with Crippen molar-refractivity contribution in [2.24, 2.45) is 0 Å². The van der Waals surface area contributed by atoms with Crippen molar-refractivity contribution in [2.75, 3.05) is 12.4 Å². The summed E-state index contributed by atoms with van der Waals surface area (Å²) in [7, 11) is 1.84. The van der Waals surface area contributed by atoms with Gasteiger partial charge in [0.25, 0.3) is 0 Å². The molecule has 8 heteroatoms. The van der Waals surface area contributed by atoms with Crippen LogP contribution in [0.2, 0.25) is 10.0 Å². The standard InChI is InChI=1S/C7H8N2O.C7H9NO.C6H4Cl2S/c10-6-9-5-7-2-1-3-8-4-7;1-8-6-2-4-7(9)5-3-6;7-4-2-1-3-5(9)6(4)8/h1-4,6H,5H2,(H,9,10);2-5,8-9H,1H3;1-3,9H. The molecule has 0 unspecified atom stereocenters. The molecule has 2 aromatic carbocycles. The summed E-state index contributed by atoms with van der Waals surface area (Å²) in [5.41, 5.74) is 2.02. The Morgan fingerprint density at radius 2 is 1.82 bits per heavy atom. The average Bonchev–Trinajstić information content (AvgIpc) is 2.73. The number of anilines is 1. The molecule has 0 aliphatic rings. The lowest BCUT2D eigenvalue weighted by molar-refractivity contribution is -0.109. The van der Waals surface area contributed by atoms with E-state index in [1.54, 1.807) is 42.7 Å². The van der Waals surface area contributed by atoms with E-state index in [0.717, 1.165) is 11.3 Å². The first-order valence-corrected chi connectivity index (χ1v) is 9.34. The molecule has 3 rings (SSSR count). The highest BCUT2D eigenvalue weighted by Gasteiger charge is 1.97. The van der Waals surface area contributed by atoms with Crippen LogP contribution < -0.4 is 10.6 Å². The van der Waals surface area contributed by atoms with Gasteiger partial charge in [0.15, 0.2) is 0 Å². The van der Waals surface area contributed by atoms with E-state index in [1.807, 2.05) is 31.3 Å². The molecule has 148 valence electrons. The van der Waals surface area contributed by atoms with Crippen LogP contribution in [0.3, 0.4) is 0 Å². The Kier molecular flexibility index (Phi) is 11.6. The summed E-state index contributed by atoms with van der Waals surface area (Å²) < 4.78 is 0. The Hall–Kier alpha value is -2.41. The van der Waals surface area contributed by atoms with Gasteiger partial charge in [0.05, 0.1) is 10.0 Å². The number of hydrogen-bond acceptors (Lipinski definition) is 5. The van der Waals surface area contributed by atoms with Crippen molar-refractivity contribution in [3.8, 4) is 5.75 Å². The van der Waals surface area contributed by atoms with Gasteiger partial charge in [0, 0.05) is 36.6 Å². The van der Waals surface area contributed by atoms with E-state index in [9.17, 15) is 4.79 Å². The molecule has 5 nitrogen and oxygen atoms in total. The number of phenolic OH excluding ortho intramolecular Hbond substituents is 1. The minimum Gasteiger partial charge on any atom is -0.508 e. The third kappa shape index (κ3) is 9.50. The van der Waals surface area contributed by atoms with Crippen LogP contribution in [0.15, 0.2) is 71.9 Å². The Morgan fingerprint density at radius 1 is 1.11 bits per heavy atom. The number of carbonyl (C=O) groups is 1. The number of nitrogens with one attached hydrogen (secondary N) is 2. The highest BCUT2D eigenvalue weighted by Crippen LogP contribution is 2.27. The molecule has 1 aromatic heterocycles. The number of rotatable bonds is 4. The first-order chi connectivity index (χ1) is 13.5. The normalized spacial score (nSPS) is 9.14. The SMILES string of the molecule is CNc1ccc(O)cc1.O=CNCc1cccnc1.Sc1cccc(Cl)c1Cl. The van der Waals surface area contributed by atoms with Gasteiger partial charge in [-0.25, -0.2) is 0 Å². The Labute approximate surface area is 180 Å². The van der Waals surface area contributed by atoms with Gasteiger partial charge in [-0.05, 0) is 48.0 Å². The zero-order chi connectivity index (χ0) is 20.8. The van der Waals surface area contributed by atoms with Crippen molar-refractivity contribution in [1.82, 2.24) is 10.3 Å². The molecule has 0 aliphatic heterocycles. The predicted molar refractivity (Wildman–Crippen MR) is 119 cm³/mol. The Balaban J connectivity index is 0.000000210. The highest BCUT2D eigenvalue weighted by molar-refractivity contribution is 7.80. The van der Waals surface area contributed by atoms with Crippen LogP contribution in [0.5, 0.6) is 5.75 Å². The average molecular weight is 438 g/mol. The fourth-order valence-electron chi connectivity index (χ4n) is 1.78. The smallest absolute Gasteiger partial charge is 0.207 e. The number of amides is 1. The summed E-state index contributed by atoms with van der Waals surface area (Å²) >= 11 is 15.4. The summed E-state index contributed by atoms with van der Waals surface area (Å²) in [6.07, 6.45) is 4.09. The molecular formula is C20H21Cl2N3O2S. The molecule has 28 heavy (non-hydrogen) atoms. The lowest BCUT2D eigenvalue weighted by Gasteiger charge is -1.96. The van der Waals surface area contributed by atoms with Gasteiger partial charge in [-0.15, -0.1) is 12.6 Å². The molecule has 0 radical (unpaired) electrons. The largest absolute Gasteiger partial charge is 0.508 e. The third-order valence-corrected chi connectivity index (χ3v) is 4.52. The van der Waals surface area contributed by atoms with E-state index < -0.39 is 0 Å². The number of nitrogens with zero attached hydrogens (tertiary/aromatic N) is 1. The van der Waals surface area contributed by atoms with Crippen LogP contribution in [0.25, 0.3) is 0 Å². The number of aromatic nitrogens is 1. The second-order valence-electron chi connectivity index (χ2n) is 5.23. The first kappa shape index (κ1) is 23.6. The highest BCUT2D eigenvalue weighted by atomic mass is 35.5. The van der Waals surface area contributed by atoms with Crippen LogP contribution in [0, 0.1) is 0 Å². The maximum absolute atomic E-state index is 9.85. The lowest BCUT2D eigenvalue weighted by atomic mass is 10.3. The molecule has 0 saturated heterocycles. The Morgan fingerprint density at radius 3 is 2.32 bits per heavy atom. The number of aromatic hydroxyl groups is 1. The predicted octanol–water partition coefficient (Wildman–Crippen LogP) is 5.04. The molecule has 0 atom stereocenters. The number of hydrogen-bond donors (Lipinski definition) is 4. The van der Waals surface area contributed by atoms with Crippen LogP contribution in [0.4, 0.5) is 5.69 Å². The molecule has 0 bridgehead atoms. The lowest BCUT2D eigenvalue weighted by Crippen LogP contribution is -2.09. The van der Waals surface area contributed by atoms with E-state index in [0.29, 0.717) is 33.6 Å². The third-order valence-electron chi connectivity index (χ3n) is 3.20. The maximum Gasteiger partial charge on any atom is 0.207 e. The molecule has 0 aliphatic carbocycles. The quantitative estimate of drug-likeness (QED) is 0.262. The second-order valence-corrected chi connectivity index (χ2v) is 6.50. The zero-order valence-corrected chi connectivity index (χ0v) is 17.5. The number of pyridine rings is 1. The second kappa shape index (κ2) is 13.7. The van der Waals surface area contributed by atoms with E-state index in [4.69, 9.17) is 28.3 Å². The van der Waals surface area contributed by atoms with Crippen LogP contribution >= 0.6 is 35.8 Å². The van der Waals surface area contributed by atoms with Crippen molar-refractivity contribution in [3.05, 3.63) is 82.6 Å². The van der Waals surface area contributed by atoms with Crippen LogP contribution in [0.1, 0.15) is 5.56 Å². The summed E-state index contributed by atoms with van der Waals surface area (Å²) in [5.74, 6) is 0.300. The van der Waals surface area contributed by atoms with E-state index in [1.165, 1.54) is 0 Å². The minimum absolute atomic E-state index is 0.300. The van der Waals surface area contributed by atoms with E-state index >= 15 is 0 Å². The van der Waals surface area contributed by atoms with Crippen molar-refractivity contribution >= 4 is 47.9 Å². The molecule has 1 heterocycles. The van der Waals surface area contributed by atoms with E-state index in [2.05, 4.69) is 28.2 Å². The van der Waals surface area contributed by atoms with Gasteiger partial charge in [-0.2, -0.15) is 0 Å². The van der Waals surface area contributed by atoms with Crippen LogP contribution in [-0.2, 0) is 11.3 Å². The Bertz CT molecular complexity index is 814. The zero-order valence-electron chi connectivity index (χ0n) is 15.1. The summed E-state index contributed by atoms with van der Waals surface area (Å²) in [5, 5.41) is 15.4. The molecule has 1 amide bonds. The fraction of sp³-hybridized carbons (Fsp3) is 0.100. The maximum atomic E-state index is 9.85. The van der Waals surface area contributed by atoms with Gasteiger partial charge in [0.2, 0.25) is 6.41 Å². The molecule has 0 fully saturated rings. The van der Waals surface area contributed by atoms with Crippen molar-refractivity contribution in [3.63, 3.8) is 0 Å². The van der Waals surface area contributed by atoms with Crippen LogP contribution in [-0.4, -0.2) is 23.5 Å². The van der Waals surface area contributed by atoms with Gasteiger partial charge >= 0.3 is 0 Å². The van der Waals surface area contributed by atoms with Gasteiger partial charge in [-0.1, -0.05) is 35.3 Å². The van der Waals surface area contributed by atoms with Crippen molar-refractivity contribution in [2.45, 2.75) is 11.4 Å². The topological polar surface area (TPSA) is 74.2 Å². The van der Waals surface area contributed by atoms with Crippen molar-refractivity contribution in [1.29, 1.82) is 0 Å². The number of benzene rings is 2. The summed E-state index contributed by atoms with van der Waals surface area (Å²) in [6, 6.07) is 16.0. The molecular weight excluding hydrogens is 417 g/mol. The number of carbonyl (C=O) groups excluding carboxylic acids is 1. The van der Waals surface area contributed by atoms with Gasteiger partial charge in [-0.3, -0.25) is 9.78 Å². The van der Waals surface area contributed by atoms with Crippen molar-refractivity contribution < 1.29 is 9.90 Å². The monoisotopic (exact) mass is 437 g/mol. The first-order valence-electron chi connectivity index (χ1n) is 8.13. The summed E-state index contributed by atoms with van der Waals surface area (Å²) in [6.45, 7) is 0.553. The fourth-order valence-corrected chi connectivity index (χ4v) is 2.36. The molecule has 0 spiro atoms. The molecule has 0 saturated carbocycles. The minimum atomic E-state index is 0.300. The van der Waals surface area contributed by atoms with E-state index in [-0.39, 0.29) is 0 Å². The number of halogens is 2. The molecule has 3 aromatic rings. The van der Waals surface area contributed by atoms with Gasteiger partial charge in [0.1, 0.15) is 5.75 Å². The van der Waals surface area contributed by atoms with Gasteiger partial charge < -0.3 is 15.7 Å². The summed E-state index contributed by atoms with van der Waals surface area (Å²) in [4.78, 5) is 14.4.